The maximum Gasteiger partial charge on any atom is 0.141 e. The van der Waals surface area contributed by atoms with Gasteiger partial charge in [0.25, 0.3) is 0 Å². The smallest absolute Gasteiger partial charge is 0.141 e. The van der Waals surface area contributed by atoms with E-state index in [4.69, 9.17) is 16.3 Å². The van der Waals surface area contributed by atoms with Crippen LogP contribution in [0.15, 0.2) is 42.5 Å². The average Bonchev–Trinajstić information content (AvgIpc) is 2.49. The molecular weight excluding hydrogens is 289 g/mol. The van der Waals surface area contributed by atoms with Gasteiger partial charge in [-0.05, 0) is 43.2 Å². The molecule has 0 saturated carbocycles. The van der Waals surface area contributed by atoms with Crippen molar-refractivity contribution in [2.75, 3.05) is 5.32 Å². The van der Waals surface area contributed by atoms with Crippen LogP contribution in [0.25, 0.3) is 0 Å². The summed E-state index contributed by atoms with van der Waals surface area (Å²) in [6, 6.07) is 12.5. The van der Waals surface area contributed by atoms with Crippen LogP contribution >= 0.6 is 11.6 Å². The van der Waals surface area contributed by atoms with Gasteiger partial charge < -0.3 is 10.1 Å². The third kappa shape index (κ3) is 4.64. The maximum atomic E-state index is 13.1. The molecule has 0 heterocycles. The lowest BCUT2D eigenvalue weighted by atomic mass is 10.2. The van der Waals surface area contributed by atoms with Gasteiger partial charge >= 0.3 is 0 Å². The lowest BCUT2D eigenvalue weighted by Crippen LogP contribution is -2.09. The van der Waals surface area contributed by atoms with Crippen LogP contribution in [0.2, 0.25) is 5.02 Å². The van der Waals surface area contributed by atoms with Gasteiger partial charge in [0.2, 0.25) is 0 Å². The van der Waals surface area contributed by atoms with Gasteiger partial charge in [-0.25, -0.2) is 4.39 Å². The number of hydrogen-bond acceptors (Lipinski definition) is 2. The maximum absolute atomic E-state index is 13.1. The zero-order valence-electron chi connectivity index (χ0n) is 12.2. The second-order valence-corrected chi connectivity index (χ2v) is 5.37. The predicted octanol–water partition coefficient (Wildman–Crippen LogP) is 5.27. The Morgan fingerprint density at radius 2 is 2.05 bits per heavy atom. The minimum Gasteiger partial charge on any atom is -0.491 e. The largest absolute Gasteiger partial charge is 0.491 e. The van der Waals surface area contributed by atoms with E-state index in [9.17, 15) is 4.39 Å². The number of ether oxygens (including phenoxy) is 1. The molecule has 0 fully saturated rings. The van der Waals surface area contributed by atoms with Gasteiger partial charge in [-0.1, -0.05) is 30.7 Å². The molecule has 1 atom stereocenters. The molecule has 2 nitrogen and oxygen atoms in total. The Balaban J connectivity index is 1.99. The Kier molecular flexibility index (Phi) is 5.45. The van der Waals surface area contributed by atoms with Crippen molar-refractivity contribution in [1.29, 1.82) is 0 Å². The standard InChI is InChI=1S/C17H19ClFNO/c1-3-12(2)21-15-6-4-5-14(10-15)20-11-13-7-8-17(19)16(18)9-13/h4-10,12,20H,3,11H2,1-2H3. The van der Waals surface area contributed by atoms with E-state index in [-0.39, 0.29) is 11.1 Å². The van der Waals surface area contributed by atoms with Crippen LogP contribution in [-0.2, 0) is 6.54 Å². The molecule has 0 aliphatic rings. The number of anilines is 1. The lowest BCUT2D eigenvalue weighted by Gasteiger charge is -2.14. The summed E-state index contributed by atoms with van der Waals surface area (Å²) in [5.74, 6) is 0.441. The van der Waals surface area contributed by atoms with Crippen molar-refractivity contribution in [3.8, 4) is 5.75 Å². The van der Waals surface area contributed by atoms with Crippen molar-refractivity contribution in [3.63, 3.8) is 0 Å². The highest BCUT2D eigenvalue weighted by Crippen LogP contribution is 2.21. The minimum atomic E-state index is -0.399. The fraction of sp³-hybridized carbons (Fsp3) is 0.294. The van der Waals surface area contributed by atoms with Crippen LogP contribution in [-0.4, -0.2) is 6.10 Å². The molecule has 2 aromatic carbocycles. The summed E-state index contributed by atoms with van der Waals surface area (Å²) >= 11 is 5.77. The van der Waals surface area contributed by atoms with E-state index in [2.05, 4.69) is 12.2 Å². The Labute approximate surface area is 129 Å². The molecule has 0 aromatic heterocycles. The van der Waals surface area contributed by atoms with Gasteiger partial charge in [0, 0.05) is 18.3 Å². The Morgan fingerprint density at radius 1 is 1.24 bits per heavy atom. The zero-order chi connectivity index (χ0) is 15.2. The highest BCUT2D eigenvalue weighted by atomic mass is 35.5. The summed E-state index contributed by atoms with van der Waals surface area (Å²) in [5.41, 5.74) is 1.88. The van der Waals surface area contributed by atoms with E-state index in [1.54, 1.807) is 12.1 Å². The molecule has 0 aliphatic carbocycles. The normalized spacial score (nSPS) is 12.0. The van der Waals surface area contributed by atoms with E-state index in [0.29, 0.717) is 6.54 Å². The quantitative estimate of drug-likeness (QED) is 0.785. The second-order valence-electron chi connectivity index (χ2n) is 4.97. The van der Waals surface area contributed by atoms with Crippen LogP contribution < -0.4 is 10.1 Å². The molecule has 1 unspecified atom stereocenters. The van der Waals surface area contributed by atoms with Crippen molar-refractivity contribution >= 4 is 17.3 Å². The first-order valence-corrected chi connectivity index (χ1v) is 7.40. The van der Waals surface area contributed by atoms with Crippen molar-refractivity contribution in [3.05, 3.63) is 58.9 Å². The lowest BCUT2D eigenvalue weighted by molar-refractivity contribution is 0.217. The molecule has 0 bridgehead atoms. The molecular formula is C17H19ClFNO. The molecule has 0 aliphatic heterocycles. The molecule has 112 valence electrons. The van der Waals surface area contributed by atoms with E-state index >= 15 is 0 Å². The third-order valence-corrected chi connectivity index (χ3v) is 3.52. The molecule has 0 spiro atoms. The van der Waals surface area contributed by atoms with E-state index in [1.165, 1.54) is 6.07 Å². The first-order valence-electron chi connectivity index (χ1n) is 7.03. The SMILES string of the molecule is CCC(C)Oc1cccc(NCc2ccc(F)c(Cl)c2)c1. The summed E-state index contributed by atoms with van der Waals surface area (Å²) in [5, 5.41) is 3.42. The first kappa shape index (κ1) is 15.6. The van der Waals surface area contributed by atoms with Gasteiger partial charge in [0.1, 0.15) is 11.6 Å². The molecule has 0 amide bonds. The van der Waals surface area contributed by atoms with Crippen molar-refractivity contribution < 1.29 is 9.13 Å². The highest BCUT2D eigenvalue weighted by Gasteiger charge is 2.03. The third-order valence-electron chi connectivity index (χ3n) is 3.23. The fourth-order valence-electron chi connectivity index (χ4n) is 1.85. The Morgan fingerprint density at radius 3 is 2.76 bits per heavy atom. The van der Waals surface area contributed by atoms with Gasteiger partial charge in [-0.3, -0.25) is 0 Å². The van der Waals surface area contributed by atoms with Crippen LogP contribution in [0.5, 0.6) is 5.75 Å². The van der Waals surface area contributed by atoms with Gasteiger partial charge in [-0.2, -0.15) is 0 Å². The molecule has 0 saturated heterocycles. The topological polar surface area (TPSA) is 21.3 Å². The van der Waals surface area contributed by atoms with E-state index in [1.807, 2.05) is 31.2 Å². The van der Waals surface area contributed by atoms with Gasteiger partial charge in [-0.15, -0.1) is 0 Å². The number of rotatable bonds is 6. The fourth-order valence-corrected chi connectivity index (χ4v) is 2.05. The Bertz CT molecular complexity index is 603. The zero-order valence-corrected chi connectivity index (χ0v) is 13.0. The van der Waals surface area contributed by atoms with Crippen LogP contribution in [0.3, 0.4) is 0 Å². The van der Waals surface area contributed by atoms with Crippen LogP contribution in [0, 0.1) is 5.82 Å². The second kappa shape index (κ2) is 7.32. The van der Waals surface area contributed by atoms with Crippen molar-refractivity contribution in [2.45, 2.75) is 32.9 Å². The van der Waals surface area contributed by atoms with E-state index in [0.717, 1.165) is 23.4 Å². The summed E-state index contributed by atoms with van der Waals surface area (Å²) in [6.45, 7) is 4.71. The number of halogens is 2. The summed E-state index contributed by atoms with van der Waals surface area (Å²) in [4.78, 5) is 0. The summed E-state index contributed by atoms with van der Waals surface area (Å²) in [7, 11) is 0. The molecule has 2 aromatic rings. The van der Waals surface area contributed by atoms with E-state index < -0.39 is 5.82 Å². The van der Waals surface area contributed by atoms with Gasteiger partial charge in [0.15, 0.2) is 0 Å². The first-order chi connectivity index (χ1) is 10.1. The average molecular weight is 308 g/mol. The molecule has 2 rings (SSSR count). The number of benzene rings is 2. The molecule has 1 N–H and O–H groups in total. The summed E-state index contributed by atoms with van der Waals surface area (Å²) < 4.78 is 18.9. The predicted molar refractivity (Wildman–Crippen MR) is 85.6 cm³/mol. The Hall–Kier alpha value is -1.74. The monoisotopic (exact) mass is 307 g/mol. The number of hydrogen-bond donors (Lipinski definition) is 1. The van der Waals surface area contributed by atoms with Crippen molar-refractivity contribution in [1.82, 2.24) is 0 Å². The molecule has 21 heavy (non-hydrogen) atoms. The van der Waals surface area contributed by atoms with Crippen LogP contribution in [0.1, 0.15) is 25.8 Å². The van der Waals surface area contributed by atoms with Crippen LogP contribution in [0.4, 0.5) is 10.1 Å². The van der Waals surface area contributed by atoms with Gasteiger partial charge in [0.05, 0.1) is 11.1 Å². The summed E-state index contributed by atoms with van der Waals surface area (Å²) in [6.07, 6.45) is 1.15. The number of nitrogens with one attached hydrogen (secondary N) is 1. The molecule has 4 heteroatoms. The highest BCUT2D eigenvalue weighted by molar-refractivity contribution is 6.30. The van der Waals surface area contributed by atoms with Crippen molar-refractivity contribution in [2.24, 2.45) is 0 Å². The molecule has 0 radical (unpaired) electrons. The minimum absolute atomic E-state index is 0.142.